The number of ether oxygens (including phenoxy) is 1. The fourth-order valence-corrected chi connectivity index (χ4v) is 2.22. The third-order valence-electron chi connectivity index (χ3n) is 3.11. The molecule has 1 heterocycles. The molecule has 2 rings (SSSR count). The molecule has 1 amide bonds. The largest absolute Gasteiger partial charge is 0.378 e. The van der Waals surface area contributed by atoms with Crippen molar-refractivity contribution in [1.29, 1.82) is 0 Å². The Labute approximate surface area is 102 Å². The second kappa shape index (κ2) is 5.82. The van der Waals surface area contributed by atoms with Crippen molar-refractivity contribution in [3.8, 4) is 0 Å². The molecule has 1 fully saturated rings. The van der Waals surface area contributed by atoms with E-state index >= 15 is 0 Å². The Balaban J connectivity index is 2.00. The lowest BCUT2D eigenvalue weighted by atomic mass is 10.1. The van der Waals surface area contributed by atoms with Gasteiger partial charge < -0.3 is 9.64 Å². The summed E-state index contributed by atoms with van der Waals surface area (Å²) in [5.74, 6) is 0.158. The molecule has 17 heavy (non-hydrogen) atoms. The van der Waals surface area contributed by atoms with Crippen LogP contribution in [0.4, 0.5) is 5.69 Å². The molecule has 1 unspecified atom stereocenters. The van der Waals surface area contributed by atoms with Gasteiger partial charge in [-0.2, -0.15) is 0 Å². The van der Waals surface area contributed by atoms with Gasteiger partial charge in [-0.05, 0) is 31.9 Å². The van der Waals surface area contributed by atoms with Crippen LogP contribution in [0.15, 0.2) is 30.3 Å². The molecule has 3 nitrogen and oxygen atoms in total. The smallest absolute Gasteiger partial charge is 0.229 e. The molecule has 1 aliphatic rings. The minimum atomic E-state index is 0.125. The van der Waals surface area contributed by atoms with Gasteiger partial charge in [0.2, 0.25) is 5.91 Å². The molecule has 1 atom stereocenters. The predicted molar refractivity (Wildman–Crippen MR) is 68.1 cm³/mol. The van der Waals surface area contributed by atoms with E-state index < -0.39 is 0 Å². The molecule has 3 heteroatoms. The highest BCUT2D eigenvalue weighted by Crippen LogP contribution is 2.19. The molecule has 92 valence electrons. The van der Waals surface area contributed by atoms with Crippen LogP contribution in [-0.2, 0) is 9.53 Å². The van der Waals surface area contributed by atoms with E-state index in [9.17, 15) is 4.79 Å². The average Bonchev–Trinajstić information content (AvgIpc) is 2.84. The summed E-state index contributed by atoms with van der Waals surface area (Å²) >= 11 is 0. The first-order chi connectivity index (χ1) is 8.31. The molecule has 1 saturated heterocycles. The third-order valence-corrected chi connectivity index (χ3v) is 3.11. The Morgan fingerprint density at radius 2 is 2.18 bits per heavy atom. The van der Waals surface area contributed by atoms with Gasteiger partial charge in [-0.3, -0.25) is 4.79 Å². The lowest BCUT2D eigenvalue weighted by molar-refractivity contribution is -0.120. The zero-order valence-electron chi connectivity index (χ0n) is 10.3. The van der Waals surface area contributed by atoms with E-state index in [2.05, 4.69) is 0 Å². The zero-order valence-corrected chi connectivity index (χ0v) is 10.3. The van der Waals surface area contributed by atoms with Crippen LogP contribution in [0, 0.1) is 0 Å². The van der Waals surface area contributed by atoms with Gasteiger partial charge in [0.15, 0.2) is 0 Å². The number of carbonyl (C=O) groups excluding carboxylic acids is 1. The Morgan fingerprint density at radius 3 is 2.76 bits per heavy atom. The van der Waals surface area contributed by atoms with Crippen LogP contribution in [0.25, 0.3) is 0 Å². The number of anilines is 1. The van der Waals surface area contributed by atoms with Crippen molar-refractivity contribution in [3.63, 3.8) is 0 Å². The second-order valence-corrected chi connectivity index (χ2v) is 4.31. The first-order valence-corrected chi connectivity index (χ1v) is 6.28. The van der Waals surface area contributed by atoms with Gasteiger partial charge in [-0.15, -0.1) is 0 Å². The molecule has 0 saturated carbocycles. The van der Waals surface area contributed by atoms with Crippen molar-refractivity contribution in [2.75, 3.05) is 18.1 Å². The highest BCUT2D eigenvalue weighted by Gasteiger charge is 2.22. The number of carbonyl (C=O) groups is 1. The SMILES string of the molecule is CCN(C(=O)CC1CCCO1)c1ccccc1. The molecule has 1 aliphatic heterocycles. The highest BCUT2D eigenvalue weighted by molar-refractivity contribution is 5.93. The zero-order chi connectivity index (χ0) is 12.1. The van der Waals surface area contributed by atoms with Gasteiger partial charge in [-0.25, -0.2) is 0 Å². The number of hydrogen-bond donors (Lipinski definition) is 0. The minimum Gasteiger partial charge on any atom is -0.378 e. The van der Waals surface area contributed by atoms with Crippen LogP contribution in [0.3, 0.4) is 0 Å². The summed E-state index contributed by atoms with van der Waals surface area (Å²) in [6, 6.07) is 9.81. The van der Waals surface area contributed by atoms with Crippen LogP contribution in [-0.4, -0.2) is 25.2 Å². The van der Waals surface area contributed by atoms with Crippen molar-refractivity contribution in [2.24, 2.45) is 0 Å². The predicted octanol–water partition coefficient (Wildman–Crippen LogP) is 2.61. The topological polar surface area (TPSA) is 29.5 Å². The standard InChI is InChI=1S/C14H19NO2/c1-2-15(12-7-4-3-5-8-12)14(16)11-13-9-6-10-17-13/h3-5,7-8,13H,2,6,9-11H2,1H3. The van der Waals surface area contributed by atoms with Crippen LogP contribution in [0.5, 0.6) is 0 Å². The van der Waals surface area contributed by atoms with Gasteiger partial charge in [-0.1, -0.05) is 18.2 Å². The summed E-state index contributed by atoms with van der Waals surface area (Å²) in [4.78, 5) is 14.0. The van der Waals surface area contributed by atoms with E-state index in [4.69, 9.17) is 4.74 Å². The van der Waals surface area contributed by atoms with Crippen molar-refractivity contribution in [1.82, 2.24) is 0 Å². The Bertz CT molecular complexity index is 358. The second-order valence-electron chi connectivity index (χ2n) is 4.31. The number of para-hydroxylation sites is 1. The van der Waals surface area contributed by atoms with E-state index in [0.717, 1.165) is 25.1 Å². The number of benzene rings is 1. The Hall–Kier alpha value is -1.35. The average molecular weight is 233 g/mol. The molecule has 0 aliphatic carbocycles. The lowest BCUT2D eigenvalue weighted by Crippen LogP contribution is -2.33. The fraction of sp³-hybridized carbons (Fsp3) is 0.500. The van der Waals surface area contributed by atoms with E-state index in [1.54, 1.807) is 0 Å². The van der Waals surface area contributed by atoms with Crippen LogP contribution < -0.4 is 4.90 Å². The maximum absolute atomic E-state index is 12.2. The normalized spacial score (nSPS) is 19.2. The molecular formula is C14H19NO2. The van der Waals surface area contributed by atoms with Crippen LogP contribution in [0.2, 0.25) is 0 Å². The van der Waals surface area contributed by atoms with E-state index in [-0.39, 0.29) is 12.0 Å². The summed E-state index contributed by atoms with van der Waals surface area (Å²) in [5.41, 5.74) is 0.970. The fourth-order valence-electron chi connectivity index (χ4n) is 2.22. The van der Waals surface area contributed by atoms with Crippen LogP contribution in [0.1, 0.15) is 26.2 Å². The van der Waals surface area contributed by atoms with E-state index in [0.29, 0.717) is 13.0 Å². The molecule has 0 bridgehead atoms. The summed E-state index contributed by atoms with van der Waals surface area (Å²) in [5, 5.41) is 0. The summed E-state index contributed by atoms with van der Waals surface area (Å²) < 4.78 is 5.51. The van der Waals surface area contributed by atoms with Gasteiger partial charge >= 0.3 is 0 Å². The molecule has 0 N–H and O–H groups in total. The van der Waals surface area contributed by atoms with Crippen molar-refractivity contribution in [3.05, 3.63) is 30.3 Å². The number of nitrogens with zero attached hydrogens (tertiary/aromatic N) is 1. The molecule has 1 aromatic rings. The first kappa shape index (κ1) is 12.1. The molecule has 0 radical (unpaired) electrons. The quantitative estimate of drug-likeness (QED) is 0.800. The number of rotatable bonds is 4. The third kappa shape index (κ3) is 3.07. The monoisotopic (exact) mass is 233 g/mol. The van der Waals surface area contributed by atoms with Crippen LogP contribution >= 0.6 is 0 Å². The van der Waals surface area contributed by atoms with Gasteiger partial charge in [0, 0.05) is 18.8 Å². The molecule has 0 spiro atoms. The van der Waals surface area contributed by atoms with Gasteiger partial charge in [0.25, 0.3) is 0 Å². The molecule has 1 aromatic carbocycles. The van der Waals surface area contributed by atoms with Gasteiger partial charge in [0.1, 0.15) is 0 Å². The van der Waals surface area contributed by atoms with E-state index in [1.807, 2.05) is 42.2 Å². The summed E-state index contributed by atoms with van der Waals surface area (Å²) in [7, 11) is 0. The maximum Gasteiger partial charge on any atom is 0.229 e. The minimum absolute atomic E-state index is 0.125. The summed E-state index contributed by atoms with van der Waals surface area (Å²) in [6.45, 7) is 3.51. The maximum atomic E-state index is 12.2. The Kier molecular flexibility index (Phi) is 4.15. The number of hydrogen-bond acceptors (Lipinski definition) is 2. The van der Waals surface area contributed by atoms with Crippen molar-refractivity contribution < 1.29 is 9.53 Å². The summed E-state index contributed by atoms with van der Waals surface area (Å²) in [6.07, 6.45) is 2.72. The van der Waals surface area contributed by atoms with E-state index in [1.165, 1.54) is 0 Å². The first-order valence-electron chi connectivity index (χ1n) is 6.28. The number of amides is 1. The Morgan fingerprint density at radius 1 is 1.41 bits per heavy atom. The lowest BCUT2D eigenvalue weighted by Gasteiger charge is -2.22. The molecular weight excluding hydrogens is 214 g/mol. The molecule has 0 aromatic heterocycles. The van der Waals surface area contributed by atoms with Crippen molar-refractivity contribution >= 4 is 11.6 Å². The highest BCUT2D eigenvalue weighted by atomic mass is 16.5. The van der Waals surface area contributed by atoms with Crippen molar-refractivity contribution in [2.45, 2.75) is 32.3 Å². The van der Waals surface area contributed by atoms with Gasteiger partial charge in [0.05, 0.1) is 12.5 Å².